The molecule has 0 aliphatic rings. The Kier molecular flexibility index (Phi) is 4.38. The van der Waals surface area contributed by atoms with E-state index in [2.05, 4.69) is 109 Å². The van der Waals surface area contributed by atoms with Crippen LogP contribution >= 0.6 is 11.8 Å². The second-order valence-corrected chi connectivity index (χ2v) is 7.76. The average Bonchev–Trinajstić information content (AvgIpc) is 2.78. The van der Waals surface area contributed by atoms with E-state index in [-0.39, 0.29) is 0 Å². The zero-order valence-electron chi connectivity index (χ0n) is 15.7. The fourth-order valence-corrected chi connectivity index (χ4v) is 4.79. The summed E-state index contributed by atoms with van der Waals surface area (Å²) in [5.74, 6) is 0. The molecule has 0 N–H and O–H groups in total. The van der Waals surface area contributed by atoms with Gasteiger partial charge in [0.15, 0.2) is 0 Å². The van der Waals surface area contributed by atoms with Crippen LogP contribution in [-0.2, 0) is 0 Å². The topological polar surface area (TPSA) is 0 Å². The third-order valence-electron chi connectivity index (χ3n) is 5.37. The van der Waals surface area contributed by atoms with Gasteiger partial charge in [0.2, 0.25) is 0 Å². The fraction of sp³-hybridized carbons (Fsp3) is 0.0370. The van der Waals surface area contributed by atoms with Gasteiger partial charge in [0, 0.05) is 4.90 Å². The molecule has 0 aliphatic carbocycles. The first-order chi connectivity index (χ1) is 13.9. The predicted molar refractivity (Wildman–Crippen MR) is 124 cm³/mol. The van der Waals surface area contributed by atoms with Crippen LogP contribution in [0.5, 0.6) is 0 Å². The molecule has 1 heteroatoms. The van der Waals surface area contributed by atoms with Crippen LogP contribution in [0.4, 0.5) is 0 Å². The van der Waals surface area contributed by atoms with Crippen molar-refractivity contribution in [1.29, 1.82) is 0 Å². The number of fused-ring (bicyclic) bond motifs is 2. The van der Waals surface area contributed by atoms with Crippen molar-refractivity contribution in [2.45, 2.75) is 4.90 Å². The van der Waals surface area contributed by atoms with Crippen molar-refractivity contribution in [3.05, 3.63) is 103 Å². The van der Waals surface area contributed by atoms with Gasteiger partial charge in [-0.25, -0.2) is 0 Å². The third-order valence-corrected chi connectivity index (χ3v) is 6.17. The summed E-state index contributed by atoms with van der Waals surface area (Å²) in [6.07, 6.45) is 2.15. The zero-order valence-corrected chi connectivity index (χ0v) is 16.5. The van der Waals surface area contributed by atoms with Crippen LogP contribution in [0.3, 0.4) is 0 Å². The highest BCUT2D eigenvalue weighted by Gasteiger charge is 2.17. The van der Waals surface area contributed by atoms with Crippen molar-refractivity contribution in [1.82, 2.24) is 0 Å². The monoisotopic (exact) mass is 376 g/mol. The first-order valence-corrected chi connectivity index (χ1v) is 10.7. The Bertz CT molecular complexity index is 1230. The molecular formula is C27H20S. The molecule has 0 aromatic heterocycles. The summed E-state index contributed by atoms with van der Waals surface area (Å²) in [7, 11) is 0. The van der Waals surface area contributed by atoms with Gasteiger partial charge in [0.05, 0.1) is 0 Å². The van der Waals surface area contributed by atoms with Crippen molar-refractivity contribution in [2.24, 2.45) is 0 Å². The van der Waals surface area contributed by atoms with E-state index < -0.39 is 0 Å². The second-order valence-electron chi connectivity index (χ2n) is 6.91. The predicted octanol–water partition coefficient (Wildman–Crippen LogP) is 8.05. The SMILES string of the molecule is CSc1ccccc1-c1c2ccccc2c(-c2ccccc2)c2ccccc12. The van der Waals surface area contributed by atoms with Crippen LogP contribution in [0.1, 0.15) is 0 Å². The summed E-state index contributed by atoms with van der Waals surface area (Å²) in [5, 5.41) is 5.22. The number of benzene rings is 5. The van der Waals surface area contributed by atoms with Gasteiger partial charge >= 0.3 is 0 Å². The van der Waals surface area contributed by atoms with E-state index >= 15 is 0 Å². The molecule has 5 aromatic carbocycles. The fourth-order valence-electron chi connectivity index (χ4n) is 4.19. The summed E-state index contributed by atoms with van der Waals surface area (Å²) < 4.78 is 0. The molecule has 0 saturated carbocycles. The molecule has 0 fully saturated rings. The molecule has 0 atom stereocenters. The standard InChI is InChI=1S/C27H20S/c1-28-25-18-10-9-17-24(25)27-22-15-7-5-13-20(22)26(19-11-3-2-4-12-19)21-14-6-8-16-23(21)27/h2-18H,1H3. The van der Waals surface area contributed by atoms with Crippen molar-refractivity contribution in [2.75, 3.05) is 6.26 Å². The highest BCUT2D eigenvalue weighted by Crippen LogP contribution is 2.45. The van der Waals surface area contributed by atoms with Gasteiger partial charge in [-0.15, -0.1) is 11.8 Å². The van der Waals surface area contributed by atoms with Crippen LogP contribution in [0.25, 0.3) is 43.8 Å². The molecule has 0 saturated heterocycles. The lowest BCUT2D eigenvalue weighted by Gasteiger charge is -2.18. The minimum Gasteiger partial charge on any atom is -0.129 e. The summed E-state index contributed by atoms with van der Waals surface area (Å²) in [6.45, 7) is 0. The molecule has 0 amide bonds. The maximum Gasteiger partial charge on any atom is 0.0148 e. The Morgan fingerprint density at radius 1 is 0.464 bits per heavy atom. The Labute approximate surface area is 169 Å². The van der Waals surface area contributed by atoms with Crippen LogP contribution in [0, 0.1) is 0 Å². The summed E-state index contributed by atoms with van der Waals surface area (Å²) in [6, 6.07) is 37.1. The largest absolute Gasteiger partial charge is 0.129 e. The molecule has 5 aromatic rings. The van der Waals surface area contributed by atoms with Crippen LogP contribution in [-0.4, -0.2) is 6.26 Å². The molecule has 0 radical (unpaired) electrons. The lowest BCUT2D eigenvalue weighted by atomic mass is 9.86. The lowest BCUT2D eigenvalue weighted by molar-refractivity contribution is 1.47. The molecule has 0 spiro atoms. The minimum absolute atomic E-state index is 1.26. The summed E-state index contributed by atoms with van der Waals surface area (Å²) in [5.41, 5.74) is 5.22. The summed E-state index contributed by atoms with van der Waals surface area (Å²) in [4.78, 5) is 1.31. The van der Waals surface area contributed by atoms with Gasteiger partial charge in [0.25, 0.3) is 0 Å². The van der Waals surface area contributed by atoms with Crippen LogP contribution in [0.2, 0.25) is 0 Å². The smallest absolute Gasteiger partial charge is 0.0148 e. The Morgan fingerprint density at radius 3 is 1.50 bits per heavy atom. The van der Waals surface area contributed by atoms with Crippen LogP contribution in [0.15, 0.2) is 108 Å². The number of hydrogen-bond donors (Lipinski definition) is 0. The normalized spacial score (nSPS) is 11.2. The van der Waals surface area contributed by atoms with E-state index in [4.69, 9.17) is 0 Å². The molecule has 0 bridgehead atoms. The number of rotatable bonds is 3. The maximum absolute atomic E-state index is 2.26. The quantitative estimate of drug-likeness (QED) is 0.227. The molecular weight excluding hydrogens is 356 g/mol. The molecule has 134 valence electrons. The Hall–Kier alpha value is -3.03. The van der Waals surface area contributed by atoms with E-state index in [1.54, 1.807) is 0 Å². The Morgan fingerprint density at radius 2 is 0.929 bits per heavy atom. The number of hydrogen-bond acceptors (Lipinski definition) is 1. The van der Waals surface area contributed by atoms with Gasteiger partial charge in [-0.3, -0.25) is 0 Å². The van der Waals surface area contributed by atoms with E-state index in [1.807, 2.05) is 11.8 Å². The van der Waals surface area contributed by atoms with Crippen molar-refractivity contribution in [3.63, 3.8) is 0 Å². The first kappa shape index (κ1) is 17.1. The minimum atomic E-state index is 1.26. The highest BCUT2D eigenvalue weighted by atomic mass is 32.2. The van der Waals surface area contributed by atoms with Crippen LogP contribution < -0.4 is 0 Å². The highest BCUT2D eigenvalue weighted by molar-refractivity contribution is 7.98. The van der Waals surface area contributed by atoms with Crippen molar-refractivity contribution >= 4 is 33.3 Å². The maximum atomic E-state index is 2.26. The van der Waals surface area contributed by atoms with Gasteiger partial charge in [-0.2, -0.15) is 0 Å². The van der Waals surface area contributed by atoms with E-state index in [1.165, 1.54) is 48.7 Å². The van der Waals surface area contributed by atoms with E-state index in [0.717, 1.165) is 0 Å². The van der Waals surface area contributed by atoms with Crippen molar-refractivity contribution in [3.8, 4) is 22.3 Å². The summed E-state index contributed by atoms with van der Waals surface area (Å²) >= 11 is 1.81. The molecule has 28 heavy (non-hydrogen) atoms. The molecule has 0 aliphatic heterocycles. The number of thioether (sulfide) groups is 1. The third kappa shape index (κ3) is 2.71. The van der Waals surface area contributed by atoms with E-state index in [9.17, 15) is 0 Å². The van der Waals surface area contributed by atoms with Gasteiger partial charge in [0.1, 0.15) is 0 Å². The Balaban J connectivity index is 2.01. The van der Waals surface area contributed by atoms with Gasteiger partial charge in [-0.05, 0) is 56.1 Å². The molecule has 0 nitrogen and oxygen atoms in total. The molecule has 0 unspecified atom stereocenters. The first-order valence-electron chi connectivity index (χ1n) is 9.51. The van der Waals surface area contributed by atoms with Gasteiger partial charge in [-0.1, -0.05) is 97.1 Å². The zero-order chi connectivity index (χ0) is 18.9. The lowest BCUT2D eigenvalue weighted by Crippen LogP contribution is -1.91. The molecule has 5 rings (SSSR count). The van der Waals surface area contributed by atoms with E-state index in [0.29, 0.717) is 0 Å². The second kappa shape index (κ2) is 7.18. The van der Waals surface area contributed by atoms with Gasteiger partial charge < -0.3 is 0 Å². The average molecular weight is 377 g/mol. The molecule has 0 heterocycles. The van der Waals surface area contributed by atoms with Crippen molar-refractivity contribution < 1.29 is 0 Å².